The molecule has 0 heterocycles. The second kappa shape index (κ2) is 12.9. The highest BCUT2D eigenvalue weighted by atomic mass is 35.5. The van der Waals surface area contributed by atoms with E-state index in [0.29, 0.717) is 16.3 Å². The Bertz CT molecular complexity index is 1400. The summed E-state index contributed by atoms with van der Waals surface area (Å²) < 4.78 is 47.2. The van der Waals surface area contributed by atoms with Crippen molar-refractivity contribution in [3.05, 3.63) is 89.2 Å². The van der Waals surface area contributed by atoms with Gasteiger partial charge in [-0.25, -0.2) is 12.8 Å². The molecule has 1 unspecified atom stereocenters. The van der Waals surface area contributed by atoms with Crippen molar-refractivity contribution in [3.8, 4) is 5.75 Å². The summed E-state index contributed by atoms with van der Waals surface area (Å²) in [4.78, 5) is 27.9. The molecular weight excluding hydrogens is 545 g/mol. The largest absolute Gasteiger partial charge is 0.497 e. The van der Waals surface area contributed by atoms with Gasteiger partial charge in [-0.3, -0.25) is 13.9 Å². The first-order valence-electron chi connectivity index (χ1n) is 12.2. The molecule has 0 spiro atoms. The molecule has 0 aliphatic rings. The van der Waals surface area contributed by atoms with E-state index in [0.717, 1.165) is 16.4 Å². The molecule has 39 heavy (non-hydrogen) atoms. The lowest BCUT2D eigenvalue weighted by Crippen LogP contribution is -2.52. The molecule has 1 N–H and O–H groups in total. The lowest BCUT2D eigenvalue weighted by molar-refractivity contribution is -0.139. The standard InChI is InChI=1S/C28H31ClFN3O5S/c1-19(2)31-28(35)20(3)32(17-21-6-5-7-22(29)16-21)27(34)18-33(24-10-8-23(30)9-11-24)39(36,37)26-14-12-25(38-4)13-15-26/h5-16,19-20H,17-18H2,1-4H3,(H,31,35). The maximum absolute atomic E-state index is 13.8. The Morgan fingerprint density at radius 2 is 1.64 bits per heavy atom. The summed E-state index contributed by atoms with van der Waals surface area (Å²) in [5.41, 5.74) is 0.744. The Morgan fingerprint density at radius 3 is 2.21 bits per heavy atom. The minimum absolute atomic E-state index is 0.00587. The number of halogens is 2. The van der Waals surface area contributed by atoms with Gasteiger partial charge in [-0.1, -0.05) is 23.7 Å². The molecule has 0 fully saturated rings. The highest BCUT2D eigenvalue weighted by Gasteiger charge is 2.32. The molecule has 208 valence electrons. The van der Waals surface area contributed by atoms with Gasteiger partial charge in [-0.2, -0.15) is 0 Å². The van der Waals surface area contributed by atoms with E-state index in [1.165, 1.54) is 48.4 Å². The van der Waals surface area contributed by atoms with Crippen molar-refractivity contribution in [2.75, 3.05) is 18.0 Å². The van der Waals surface area contributed by atoms with Crippen molar-refractivity contribution in [2.24, 2.45) is 0 Å². The molecule has 0 radical (unpaired) electrons. The predicted molar refractivity (Wildman–Crippen MR) is 149 cm³/mol. The van der Waals surface area contributed by atoms with Gasteiger partial charge in [0.2, 0.25) is 11.8 Å². The van der Waals surface area contributed by atoms with Crippen molar-refractivity contribution in [2.45, 2.75) is 44.3 Å². The molecule has 2 amide bonds. The van der Waals surface area contributed by atoms with Crippen LogP contribution in [0.4, 0.5) is 10.1 Å². The molecule has 11 heteroatoms. The van der Waals surface area contributed by atoms with E-state index in [2.05, 4.69) is 5.32 Å². The van der Waals surface area contributed by atoms with Crippen molar-refractivity contribution in [3.63, 3.8) is 0 Å². The number of methoxy groups -OCH3 is 1. The molecule has 0 aliphatic heterocycles. The lowest BCUT2D eigenvalue weighted by atomic mass is 10.1. The van der Waals surface area contributed by atoms with Gasteiger partial charge in [0.25, 0.3) is 10.0 Å². The number of nitrogens with zero attached hydrogens (tertiary/aromatic N) is 2. The van der Waals surface area contributed by atoms with Crippen LogP contribution >= 0.6 is 11.6 Å². The minimum atomic E-state index is -4.28. The molecule has 0 bridgehead atoms. The highest BCUT2D eigenvalue weighted by molar-refractivity contribution is 7.92. The molecule has 0 aromatic heterocycles. The Kier molecular flexibility index (Phi) is 9.93. The number of hydrogen-bond donors (Lipinski definition) is 1. The summed E-state index contributed by atoms with van der Waals surface area (Å²) in [6, 6.07) is 16.2. The Hall–Kier alpha value is -3.63. The second-order valence-electron chi connectivity index (χ2n) is 9.15. The molecule has 1 atom stereocenters. The fourth-order valence-electron chi connectivity index (χ4n) is 3.83. The van der Waals surface area contributed by atoms with Crippen molar-refractivity contribution >= 4 is 39.1 Å². The monoisotopic (exact) mass is 575 g/mol. The number of ether oxygens (including phenoxy) is 1. The number of hydrogen-bond acceptors (Lipinski definition) is 5. The van der Waals surface area contributed by atoms with E-state index in [1.54, 1.807) is 45.0 Å². The maximum atomic E-state index is 13.8. The minimum Gasteiger partial charge on any atom is -0.497 e. The zero-order valence-corrected chi connectivity index (χ0v) is 23.7. The summed E-state index contributed by atoms with van der Waals surface area (Å²) in [5.74, 6) is -1.14. The van der Waals surface area contributed by atoms with E-state index in [1.807, 2.05) is 0 Å². The molecule has 0 aliphatic carbocycles. The van der Waals surface area contributed by atoms with Crippen LogP contribution in [0.5, 0.6) is 5.75 Å². The highest BCUT2D eigenvalue weighted by Crippen LogP contribution is 2.26. The number of anilines is 1. The van der Waals surface area contributed by atoms with Crippen LogP contribution in [0.25, 0.3) is 0 Å². The van der Waals surface area contributed by atoms with Gasteiger partial charge in [0, 0.05) is 17.6 Å². The fourth-order valence-corrected chi connectivity index (χ4v) is 5.46. The van der Waals surface area contributed by atoms with Gasteiger partial charge >= 0.3 is 0 Å². The quantitative estimate of drug-likeness (QED) is 0.360. The van der Waals surface area contributed by atoms with Crippen LogP contribution in [0.3, 0.4) is 0 Å². The van der Waals surface area contributed by atoms with Crippen LogP contribution < -0.4 is 14.4 Å². The Morgan fingerprint density at radius 1 is 1.00 bits per heavy atom. The molecule has 0 saturated heterocycles. The third-order valence-electron chi connectivity index (χ3n) is 5.88. The van der Waals surface area contributed by atoms with E-state index in [4.69, 9.17) is 16.3 Å². The molecule has 3 aromatic rings. The topological polar surface area (TPSA) is 96.0 Å². The van der Waals surface area contributed by atoms with Gasteiger partial charge in [0.05, 0.1) is 17.7 Å². The van der Waals surface area contributed by atoms with E-state index >= 15 is 0 Å². The first kappa shape index (κ1) is 29.9. The maximum Gasteiger partial charge on any atom is 0.264 e. The third kappa shape index (κ3) is 7.70. The van der Waals surface area contributed by atoms with Crippen LogP contribution in [-0.4, -0.2) is 50.9 Å². The van der Waals surface area contributed by atoms with Gasteiger partial charge in [0.15, 0.2) is 0 Å². The number of rotatable bonds is 11. The third-order valence-corrected chi connectivity index (χ3v) is 7.90. The number of carbonyl (C=O) groups is 2. The molecule has 8 nitrogen and oxygen atoms in total. The van der Waals surface area contributed by atoms with Gasteiger partial charge in [0.1, 0.15) is 24.2 Å². The fraction of sp³-hybridized carbons (Fsp3) is 0.286. The van der Waals surface area contributed by atoms with Crippen LogP contribution in [-0.2, 0) is 26.2 Å². The number of sulfonamides is 1. The zero-order chi connectivity index (χ0) is 28.7. The van der Waals surface area contributed by atoms with Gasteiger partial charge in [-0.15, -0.1) is 0 Å². The normalized spacial score (nSPS) is 12.1. The summed E-state index contributed by atoms with van der Waals surface area (Å²) in [7, 11) is -2.82. The number of carbonyl (C=O) groups excluding carboxylic acids is 2. The number of benzene rings is 3. The second-order valence-corrected chi connectivity index (χ2v) is 11.5. The van der Waals surface area contributed by atoms with Crippen molar-refractivity contribution < 1.29 is 27.1 Å². The summed E-state index contributed by atoms with van der Waals surface area (Å²) in [5, 5.41) is 3.24. The number of amides is 2. The molecule has 3 rings (SSSR count). The van der Waals surface area contributed by atoms with E-state index in [9.17, 15) is 22.4 Å². The summed E-state index contributed by atoms with van der Waals surface area (Å²) >= 11 is 6.14. The lowest BCUT2D eigenvalue weighted by Gasteiger charge is -2.32. The first-order chi connectivity index (χ1) is 18.4. The summed E-state index contributed by atoms with van der Waals surface area (Å²) in [6.45, 7) is 4.53. The average molecular weight is 576 g/mol. The first-order valence-corrected chi connectivity index (χ1v) is 14.0. The van der Waals surface area contributed by atoms with Crippen molar-refractivity contribution in [1.29, 1.82) is 0 Å². The van der Waals surface area contributed by atoms with Crippen LogP contribution in [0, 0.1) is 5.82 Å². The molecule has 0 saturated carbocycles. The Balaban J connectivity index is 2.03. The molecular formula is C28H31ClFN3O5S. The summed E-state index contributed by atoms with van der Waals surface area (Å²) in [6.07, 6.45) is 0. The van der Waals surface area contributed by atoms with Crippen LogP contribution in [0.2, 0.25) is 5.02 Å². The van der Waals surface area contributed by atoms with Gasteiger partial charge in [-0.05, 0) is 87.0 Å². The predicted octanol–water partition coefficient (Wildman–Crippen LogP) is 4.62. The molecule has 3 aromatic carbocycles. The van der Waals surface area contributed by atoms with Crippen LogP contribution in [0.15, 0.2) is 77.7 Å². The van der Waals surface area contributed by atoms with E-state index < -0.39 is 40.2 Å². The average Bonchev–Trinajstić information content (AvgIpc) is 2.90. The zero-order valence-electron chi connectivity index (χ0n) is 22.1. The Labute approximate surface area is 233 Å². The SMILES string of the molecule is COc1ccc(S(=O)(=O)N(CC(=O)N(Cc2cccc(Cl)c2)C(C)C(=O)NC(C)C)c2ccc(F)cc2)cc1. The number of nitrogens with one attached hydrogen (secondary N) is 1. The smallest absolute Gasteiger partial charge is 0.264 e. The van der Waals surface area contributed by atoms with Crippen molar-refractivity contribution in [1.82, 2.24) is 10.2 Å². The van der Waals surface area contributed by atoms with Crippen LogP contribution in [0.1, 0.15) is 26.3 Å². The van der Waals surface area contributed by atoms with E-state index in [-0.39, 0.29) is 23.2 Å². The van der Waals surface area contributed by atoms with Gasteiger partial charge < -0.3 is 15.0 Å².